The maximum absolute atomic E-state index is 13.3. The Morgan fingerprint density at radius 2 is 1.97 bits per heavy atom. The predicted molar refractivity (Wildman–Crippen MR) is 111 cm³/mol. The normalized spacial score (nSPS) is 25.6. The highest BCUT2D eigenvalue weighted by Gasteiger charge is 2.53. The second kappa shape index (κ2) is 9.32. The number of carbonyl (C=O) groups excluding carboxylic acids is 2. The number of rotatable bonds is 8. The molecule has 0 aromatic heterocycles. The van der Waals surface area contributed by atoms with Crippen LogP contribution in [-0.2, 0) is 19.1 Å². The zero-order valence-corrected chi connectivity index (χ0v) is 18.9. The second-order valence-corrected chi connectivity index (χ2v) is 9.16. The topological polar surface area (TPSA) is 118 Å². The molecule has 0 aromatic carbocycles. The first-order chi connectivity index (χ1) is 14.0. The fourth-order valence-electron chi connectivity index (χ4n) is 4.00. The lowest BCUT2D eigenvalue weighted by Gasteiger charge is -2.45. The molecule has 2 amide bonds. The fourth-order valence-corrected chi connectivity index (χ4v) is 4.00. The first-order valence-corrected chi connectivity index (χ1v) is 10.6. The Bertz CT molecular complexity index is 695. The van der Waals surface area contributed by atoms with Crippen molar-refractivity contribution in [2.45, 2.75) is 83.9 Å². The van der Waals surface area contributed by atoms with Gasteiger partial charge >= 0.3 is 12.1 Å². The van der Waals surface area contributed by atoms with Crippen molar-refractivity contribution >= 4 is 23.9 Å². The van der Waals surface area contributed by atoms with Gasteiger partial charge in [-0.1, -0.05) is 13.8 Å². The molecular weight excluding hydrogens is 390 g/mol. The number of carboxylic acids is 1. The Morgan fingerprint density at radius 3 is 2.43 bits per heavy atom. The molecule has 0 aromatic rings. The summed E-state index contributed by atoms with van der Waals surface area (Å²) in [6.45, 7) is 9.56. The van der Waals surface area contributed by atoms with Crippen LogP contribution < -0.4 is 5.32 Å². The summed E-state index contributed by atoms with van der Waals surface area (Å²) in [4.78, 5) is 42.8. The van der Waals surface area contributed by atoms with Crippen LogP contribution in [0.25, 0.3) is 0 Å². The molecule has 1 aliphatic carbocycles. The Kier molecular flexibility index (Phi) is 7.49. The van der Waals surface area contributed by atoms with E-state index in [0.717, 1.165) is 0 Å². The number of aliphatic imine (C=N–C) groups is 1. The summed E-state index contributed by atoms with van der Waals surface area (Å²) in [7, 11) is 1.56. The molecule has 1 saturated heterocycles. The minimum Gasteiger partial charge on any atom is -0.481 e. The van der Waals surface area contributed by atoms with E-state index < -0.39 is 35.2 Å². The number of carboxylic acid groups (broad SMARTS) is 1. The number of ether oxygens (including phenoxy) is 2. The van der Waals surface area contributed by atoms with Crippen LogP contribution in [0, 0.1) is 11.8 Å². The van der Waals surface area contributed by atoms with E-state index in [1.165, 1.54) is 4.90 Å². The summed E-state index contributed by atoms with van der Waals surface area (Å²) in [5.74, 6) is -1.62. The number of nitrogens with one attached hydrogen (secondary N) is 1. The van der Waals surface area contributed by atoms with Crippen LogP contribution in [-0.4, -0.2) is 64.8 Å². The second-order valence-electron chi connectivity index (χ2n) is 9.16. The van der Waals surface area contributed by atoms with E-state index in [1.807, 2.05) is 13.8 Å². The fraction of sp³-hybridized carbons (Fsp3) is 0.810. The molecule has 1 aliphatic heterocycles. The van der Waals surface area contributed by atoms with Gasteiger partial charge in [0.2, 0.25) is 11.9 Å². The van der Waals surface area contributed by atoms with Gasteiger partial charge in [0.05, 0.1) is 12.3 Å². The van der Waals surface area contributed by atoms with Crippen LogP contribution in [0.4, 0.5) is 4.79 Å². The molecule has 0 unspecified atom stereocenters. The summed E-state index contributed by atoms with van der Waals surface area (Å²) >= 11 is 0. The number of carbonyl (C=O) groups is 3. The molecule has 1 heterocycles. The highest BCUT2D eigenvalue weighted by molar-refractivity contribution is 6.04. The first-order valence-electron chi connectivity index (χ1n) is 10.6. The van der Waals surface area contributed by atoms with Gasteiger partial charge in [-0.3, -0.25) is 14.5 Å². The molecule has 2 N–H and O–H groups in total. The Balaban J connectivity index is 2.41. The van der Waals surface area contributed by atoms with Crippen molar-refractivity contribution in [2.75, 3.05) is 13.7 Å². The first kappa shape index (κ1) is 24.1. The maximum atomic E-state index is 13.3. The quantitative estimate of drug-likeness (QED) is 0.614. The lowest BCUT2D eigenvalue weighted by Crippen LogP contribution is -2.65. The molecular formula is C21H35N3O6. The molecule has 1 saturated carbocycles. The zero-order valence-electron chi connectivity index (χ0n) is 18.9. The molecule has 2 aliphatic rings. The summed E-state index contributed by atoms with van der Waals surface area (Å²) in [6.07, 6.45) is 1.76. The molecule has 0 radical (unpaired) electrons. The van der Waals surface area contributed by atoms with Crippen LogP contribution in [0.15, 0.2) is 4.99 Å². The molecule has 0 spiro atoms. The minimum absolute atomic E-state index is 0.140. The minimum atomic E-state index is -0.873. The van der Waals surface area contributed by atoms with Crippen molar-refractivity contribution in [3.8, 4) is 0 Å². The maximum Gasteiger partial charge on any atom is 0.437 e. The van der Waals surface area contributed by atoms with Crippen LogP contribution in [0.3, 0.4) is 0 Å². The summed E-state index contributed by atoms with van der Waals surface area (Å²) in [5, 5.41) is 12.7. The average molecular weight is 426 g/mol. The molecule has 30 heavy (non-hydrogen) atoms. The average Bonchev–Trinajstić information content (AvgIpc) is 3.42. The number of guanidine groups is 1. The highest BCUT2D eigenvalue weighted by atomic mass is 16.6. The number of hydrogen-bond donors (Lipinski definition) is 2. The van der Waals surface area contributed by atoms with E-state index in [1.54, 1.807) is 27.9 Å². The predicted octanol–water partition coefficient (Wildman–Crippen LogP) is 2.78. The van der Waals surface area contributed by atoms with Crippen molar-refractivity contribution in [1.82, 2.24) is 10.2 Å². The van der Waals surface area contributed by atoms with Crippen molar-refractivity contribution in [3.63, 3.8) is 0 Å². The number of methoxy groups -OCH3 is 1. The van der Waals surface area contributed by atoms with Crippen molar-refractivity contribution in [3.05, 3.63) is 0 Å². The smallest absolute Gasteiger partial charge is 0.437 e. The van der Waals surface area contributed by atoms with E-state index in [2.05, 4.69) is 10.3 Å². The van der Waals surface area contributed by atoms with Crippen LogP contribution >= 0.6 is 0 Å². The Morgan fingerprint density at radius 1 is 1.33 bits per heavy atom. The van der Waals surface area contributed by atoms with E-state index in [4.69, 9.17) is 9.47 Å². The van der Waals surface area contributed by atoms with Gasteiger partial charge in [0.15, 0.2) is 0 Å². The number of hydrogen-bond acceptors (Lipinski definition) is 5. The zero-order chi connectivity index (χ0) is 22.7. The van der Waals surface area contributed by atoms with E-state index >= 15 is 0 Å². The van der Waals surface area contributed by atoms with Crippen molar-refractivity contribution in [2.24, 2.45) is 16.8 Å². The Labute approximate surface area is 178 Å². The summed E-state index contributed by atoms with van der Waals surface area (Å²) in [6, 6.07) is -0.418. The lowest BCUT2D eigenvalue weighted by molar-refractivity contribution is -0.140. The molecule has 9 heteroatoms. The van der Waals surface area contributed by atoms with Crippen LogP contribution in [0.1, 0.15) is 66.7 Å². The molecule has 2 fully saturated rings. The van der Waals surface area contributed by atoms with Gasteiger partial charge in [-0.2, -0.15) is 0 Å². The standard InChI is InChI=1S/C21H35N3O6/c1-7-21(8-2)12-16(25)24(18(23-21)22-19(28)30-20(3,4)5)15(9-10-29-6)13-11-14(13)17(26)27/h13-15H,7-12H2,1-6H3,(H,26,27)(H,22,23,28)/t13-,14-,15+/m0/s1. The number of aliphatic carboxylic acids is 1. The lowest BCUT2D eigenvalue weighted by atomic mass is 9.86. The third-order valence-corrected chi connectivity index (χ3v) is 5.91. The van der Waals surface area contributed by atoms with Gasteiger partial charge in [-0.25, -0.2) is 4.79 Å². The molecule has 0 bridgehead atoms. The third kappa shape index (κ3) is 5.71. The molecule has 3 atom stereocenters. The van der Waals surface area contributed by atoms with Gasteiger partial charge in [-0.15, -0.1) is 4.99 Å². The Hall–Kier alpha value is -2.16. The summed E-state index contributed by atoms with van der Waals surface area (Å²) in [5.41, 5.74) is -1.23. The van der Waals surface area contributed by atoms with E-state index in [0.29, 0.717) is 32.3 Å². The van der Waals surface area contributed by atoms with Crippen LogP contribution in [0.5, 0.6) is 0 Å². The third-order valence-electron chi connectivity index (χ3n) is 5.91. The molecule has 170 valence electrons. The van der Waals surface area contributed by atoms with Gasteiger partial charge in [0, 0.05) is 25.3 Å². The van der Waals surface area contributed by atoms with Gasteiger partial charge in [-0.05, 0) is 52.4 Å². The monoisotopic (exact) mass is 425 g/mol. The largest absolute Gasteiger partial charge is 0.481 e. The number of amides is 2. The molecule has 9 nitrogen and oxygen atoms in total. The van der Waals surface area contributed by atoms with E-state index in [-0.39, 0.29) is 24.2 Å². The highest BCUT2D eigenvalue weighted by Crippen LogP contribution is 2.45. The molecule has 2 rings (SSSR count). The van der Waals surface area contributed by atoms with Crippen molar-refractivity contribution in [1.29, 1.82) is 0 Å². The van der Waals surface area contributed by atoms with E-state index in [9.17, 15) is 19.5 Å². The summed E-state index contributed by atoms with van der Waals surface area (Å²) < 4.78 is 10.5. The van der Waals surface area contributed by atoms with Crippen molar-refractivity contribution < 1.29 is 29.0 Å². The van der Waals surface area contributed by atoms with Gasteiger partial charge < -0.3 is 19.9 Å². The number of nitrogens with zero attached hydrogens (tertiary/aromatic N) is 2. The van der Waals surface area contributed by atoms with Gasteiger partial charge in [0.1, 0.15) is 5.60 Å². The van der Waals surface area contributed by atoms with Gasteiger partial charge in [0.25, 0.3) is 0 Å². The van der Waals surface area contributed by atoms with Crippen LogP contribution in [0.2, 0.25) is 0 Å². The SMILES string of the molecule is CCC1(CC)CC(=O)N([C@H](CCOC)[C@H]2C[C@@H]2C(=O)O)/C(=N/C(=O)OC(C)(C)C)N1.